The van der Waals surface area contributed by atoms with Crippen molar-refractivity contribution < 1.29 is 18.7 Å². The number of hydrogen-bond acceptors (Lipinski definition) is 3. The van der Waals surface area contributed by atoms with Gasteiger partial charge in [-0.3, -0.25) is 4.79 Å². The summed E-state index contributed by atoms with van der Waals surface area (Å²) in [7, 11) is 0. The van der Waals surface area contributed by atoms with Gasteiger partial charge in [0.1, 0.15) is 17.1 Å². The van der Waals surface area contributed by atoms with E-state index in [0.717, 1.165) is 25.1 Å². The molecule has 5 nitrogen and oxygen atoms in total. The Balaban J connectivity index is 2.52. The molecule has 2 aromatic rings. The third-order valence-electron chi connectivity index (χ3n) is 3.41. The first kappa shape index (κ1) is 12.6. The number of carbonyl (C=O) groups is 1. The number of rotatable bonds is 2. The van der Waals surface area contributed by atoms with Crippen molar-refractivity contribution in [2.45, 2.75) is 18.9 Å². The molecule has 1 aliphatic rings. The van der Waals surface area contributed by atoms with E-state index in [1.54, 1.807) is 0 Å². The van der Waals surface area contributed by atoms with Crippen LogP contribution in [0.15, 0.2) is 17.1 Å². The highest BCUT2D eigenvalue weighted by molar-refractivity contribution is 5.93. The lowest BCUT2D eigenvalue weighted by Crippen LogP contribution is -2.20. The van der Waals surface area contributed by atoms with Crippen LogP contribution < -0.4 is 11.2 Å². The maximum absolute atomic E-state index is 14.1. The minimum Gasteiger partial charge on any atom is -0.477 e. The fourth-order valence-electron chi connectivity index (χ4n) is 2.25. The van der Waals surface area contributed by atoms with Gasteiger partial charge in [0.2, 0.25) is 5.43 Å². The van der Waals surface area contributed by atoms with E-state index in [4.69, 9.17) is 10.8 Å². The molecule has 0 unspecified atom stereocenters. The number of nitrogen functional groups attached to an aromatic ring is 1. The first-order valence-corrected chi connectivity index (χ1v) is 5.97. The molecule has 7 heteroatoms. The summed E-state index contributed by atoms with van der Waals surface area (Å²) in [4.78, 5) is 23.1. The first-order chi connectivity index (χ1) is 9.41. The molecule has 0 saturated heterocycles. The summed E-state index contributed by atoms with van der Waals surface area (Å²) in [5, 5.41) is 8.71. The van der Waals surface area contributed by atoms with Gasteiger partial charge in [-0.05, 0) is 18.9 Å². The number of nitrogens with two attached hydrogens (primary N) is 1. The van der Waals surface area contributed by atoms with E-state index in [-0.39, 0.29) is 16.9 Å². The molecule has 1 heterocycles. The van der Waals surface area contributed by atoms with Gasteiger partial charge in [-0.1, -0.05) is 0 Å². The molecular weight excluding hydrogens is 270 g/mol. The lowest BCUT2D eigenvalue weighted by atomic mass is 10.1. The molecule has 1 aromatic heterocycles. The van der Waals surface area contributed by atoms with Crippen LogP contribution in [0.25, 0.3) is 10.9 Å². The van der Waals surface area contributed by atoms with Crippen molar-refractivity contribution in [3.8, 4) is 0 Å². The fraction of sp³-hybridized carbons (Fsp3) is 0.231. The second-order valence-corrected chi connectivity index (χ2v) is 4.80. The first-order valence-electron chi connectivity index (χ1n) is 5.97. The minimum atomic E-state index is -1.43. The molecular formula is C13H10F2N2O3. The normalized spacial score (nSPS) is 14.7. The minimum absolute atomic E-state index is 0.0874. The van der Waals surface area contributed by atoms with Gasteiger partial charge in [0.15, 0.2) is 5.82 Å². The number of hydrogen-bond donors (Lipinski definition) is 2. The molecule has 0 spiro atoms. The molecule has 1 fully saturated rings. The summed E-state index contributed by atoms with van der Waals surface area (Å²) in [6.07, 6.45) is 2.59. The maximum atomic E-state index is 14.1. The van der Waals surface area contributed by atoms with Crippen molar-refractivity contribution in [3.63, 3.8) is 0 Å². The SMILES string of the molecule is Nc1c(F)cc2c(=O)c(C(=O)O)cn(C3CC3)c2c1F. The Kier molecular flexibility index (Phi) is 2.53. The van der Waals surface area contributed by atoms with Gasteiger partial charge in [-0.25, -0.2) is 13.6 Å². The van der Waals surface area contributed by atoms with Crippen LogP contribution in [0, 0.1) is 11.6 Å². The highest BCUT2D eigenvalue weighted by Crippen LogP contribution is 2.38. The van der Waals surface area contributed by atoms with Crippen LogP contribution in [-0.2, 0) is 0 Å². The largest absolute Gasteiger partial charge is 0.477 e. The summed E-state index contributed by atoms with van der Waals surface area (Å²) in [6, 6.07) is 0.706. The molecule has 0 aliphatic heterocycles. The Labute approximate surface area is 111 Å². The van der Waals surface area contributed by atoms with E-state index in [1.165, 1.54) is 4.57 Å². The van der Waals surface area contributed by atoms with Crippen molar-refractivity contribution in [2.75, 3.05) is 5.73 Å². The van der Waals surface area contributed by atoms with Gasteiger partial charge in [-0.15, -0.1) is 0 Å². The van der Waals surface area contributed by atoms with E-state index in [2.05, 4.69) is 0 Å². The Hall–Kier alpha value is -2.44. The molecule has 0 atom stereocenters. The zero-order valence-electron chi connectivity index (χ0n) is 10.2. The van der Waals surface area contributed by atoms with E-state index >= 15 is 0 Å². The third kappa shape index (κ3) is 1.66. The van der Waals surface area contributed by atoms with Gasteiger partial charge >= 0.3 is 5.97 Å². The Morgan fingerprint density at radius 2 is 2.05 bits per heavy atom. The average Bonchev–Trinajstić information content (AvgIpc) is 3.21. The summed E-state index contributed by atoms with van der Waals surface area (Å²) < 4.78 is 29.0. The zero-order valence-corrected chi connectivity index (χ0v) is 10.2. The van der Waals surface area contributed by atoms with Gasteiger partial charge in [0.25, 0.3) is 0 Å². The van der Waals surface area contributed by atoms with E-state index in [1.807, 2.05) is 0 Å². The molecule has 0 bridgehead atoms. The van der Waals surface area contributed by atoms with Crippen molar-refractivity contribution in [1.82, 2.24) is 4.57 Å². The predicted octanol–water partition coefficient (Wildman–Crippen LogP) is 1.90. The Bertz CT molecular complexity index is 810. The number of anilines is 1. The number of pyridine rings is 1. The predicted molar refractivity (Wildman–Crippen MR) is 67.8 cm³/mol. The average molecular weight is 280 g/mol. The van der Waals surface area contributed by atoms with E-state index < -0.39 is 34.3 Å². The van der Waals surface area contributed by atoms with Crippen LogP contribution in [0.3, 0.4) is 0 Å². The lowest BCUT2D eigenvalue weighted by Gasteiger charge is -2.13. The molecule has 3 rings (SSSR count). The highest BCUT2D eigenvalue weighted by atomic mass is 19.1. The smallest absolute Gasteiger partial charge is 0.341 e. The topological polar surface area (TPSA) is 85.3 Å². The van der Waals surface area contributed by atoms with Gasteiger partial charge in [0, 0.05) is 12.2 Å². The molecule has 20 heavy (non-hydrogen) atoms. The van der Waals surface area contributed by atoms with Crippen LogP contribution in [0.1, 0.15) is 29.2 Å². The highest BCUT2D eigenvalue weighted by Gasteiger charge is 2.29. The van der Waals surface area contributed by atoms with Crippen molar-refractivity contribution in [1.29, 1.82) is 0 Å². The Morgan fingerprint density at radius 1 is 1.40 bits per heavy atom. The monoisotopic (exact) mass is 280 g/mol. The number of benzene rings is 1. The second kappa shape index (κ2) is 4.03. The van der Waals surface area contributed by atoms with Crippen molar-refractivity contribution >= 4 is 22.6 Å². The molecule has 3 N–H and O–H groups in total. The summed E-state index contributed by atoms with van der Waals surface area (Å²) in [5.74, 6) is -3.53. The summed E-state index contributed by atoms with van der Waals surface area (Å²) in [6.45, 7) is 0. The number of halogens is 2. The molecule has 0 amide bonds. The zero-order chi connectivity index (χ0) is 14.6. The quantitative estimate of drug-likeness (QED) is 0.823. The number of nitrogens with zero attached hydrogens (tertiary/aromatic N) is 1. The van der Waals surface area contributed by atoms with Crippen LogP contribution in [0.2, 0.25) is 0 Å². The third-order valence-corrected chi connectivity index (χ3v) is 3.41. The second-order valence-electron chi connectivity index (χ2n) is 4.80. The molecule has 104 valence electrons. The van der Waals surface area contributed by atoms with E-state index in [9.17, 15) is 18.4 Å². The number of carboxylic acids is 1. The fourth-order valence-corrected chi connectivity index (χ4v) is 2.25. The molecule has 1 saturated carbocycles. The van der Waals surface area contributed by atoms with Gasteiger partial charge in [0.05, 0.1) is 10.9 Å². The number of fused-ring (bicyclic) bond motifs is 1. The van der Waals surface area contributed by atoms with Crippen LogP contribution in [0.5, 0.6) is 0 Å². The van der Waals surface area contributed by atoms with Crippen LogP contribution in [0.4, 0.5) is 14.5 Å². The maximum Gasteiger partial charge on any atom is 0.341 e. The van der Waals surface area contributed by atoms with Crippen LogP contribution in [-0.4, -0.2) is 15.6 Å². The number of carboxylic acid groups (broad SMARTS) is 1. The molecule has 1 aliphatic carbocycles. The molecule has 0 radical (unpaired) electrons. The standard InChI is InChI=1S/C13H10F2N2O3/c14-8-3-6-11(9(15)10(8)16)17(5-1-2-5)4-7(12(6)18)13(19)20/h3-5H,1-2,16H2,(H,19,20). The number of aromatic nitrogens is 1. The van der Waals surface area contributed by atoms with Crippen molar-refractivity contribution in [2.24, 2.45) is 0 Å². The lowest BCUT2D eigenvalue weighted by molar-refractivity contribution is 0.0695. The van der Waals surface area contributed by atoms with Gasteiger partial charge in [-0.2, -0.15) is 0 Å². The molecule has 1 aromatic carbocycles. The summed E-state index contributed by atoms with van der Waals surface area (Å²) >= 11 is 0. The van der Waals surface area contributed by atoms with Gasteiger partial charge < -0.3 is 15.4 Å². The van der Waals surface area contributed by atoms with Crippen molar-refractivity contribution in [3.05, 3.63) is 39.7 Å². The van der Waals surface area contributed by atoms with E-state index in [0.29, 0.717) is 0 Å². The number of aromatic carboxylic acids is 1. The Morgan fingerprint density at radius 3 is 2.60 bits per heavy atom. The van der Waals surface area contributed by atoms with Crippen LogP contribution >= 0.6 is 0 Å². The summed E-state index contributed by atoms with van der Waals surface area (Å²) in [5.41, 5.74) is 3.07.